The monoisotopic (exact) mass is 186 g/mol. The van der Waals surface area contributed by atoms with Crippen LogP contribution in [0.2, 0.25) is 0 Å². The van der Waals surface area contributed by atoms with E-state index in [0.29, 0.717) is 6.54 Å². The van der Waals surface area contributed by atoms with Gasteiger partial charge < -0.3 is 4.90 Å². The predicted molar refractivity (Wildman–Crippen MR) is 49.3 cm³/mol. The smallest absolute Gasteiger partial charge is 0.264 e. The zero-order chi connectivity index (χ0) is 8.97. The molecule has 1 rings (SSSR count). The van der Waals surface area contributed by atoms with Gasteiger partial charge in [0, 0.05) is 18.8 Å². The quantitative estimate of drug-likeness (QED) is 0.378. The maximum absolute atomic E-state index is 10.2. The Hall–Kier alpha value is -0.970. The Bertz CT molecular complexity index is 227. The van der Waals surface area contributed by atoms with E-state index in [-0.39, 0.29) is 0 Å². The lowest BCUT2D eigenvalue weighted by Crippen LogP contribution is -2.18. The average Bonchev–Trinajstić information content (AvgIpc) is 2.37. The van der Waals surface area contributed by atoms with E-state index in [4.69, 9.17) is 0 Å². The van der Waals surface area contributed by atoms with Gasteiger partial charge in [-0.2, -0.15) is 0 Å². The number of thioether (sulfide) groups is 1. The zero-order valence-corrected chi connectivity index (χ0v) is 7.42. The molecule has 0 bridgehead atoms. The molecule has 1 fully saturated rings. The summed E-state index contributed by atoms with van der Waals surface area (Å²) in [6.07, 6.45) is 2.81. The number of nitrogens with zero attached hydrogens (tertiary/aromatic N) is 2. The van der Waals surface area contributed by atoms with Gasteiger partial charge in [0.2, 0.25) is 0 Å². The average molecular weight is 186 g/mol. The van der Waals surface area contributed by atoms with Crippen molar-refractivity contribution in [1.82, 2.24) is 4.90 Å². The maximum Gasteiger partial charge on any atom is 0.264 e. The summed E-state index contributed by atoms with van der Waals surface area (Å²) in [5.74, 6) is 0.924. The first-order chi connectivity index (χ1) is 5.74. The lowest BCUT2D eigenvalue weighted by molar-refractivity contribution is -0.403. The van der Waals surface area contributed by atoms with Crippen LogP contribution in [0.4, 0.5) is 0 Å². The molecule has 0 saturated carbocycles. The molecule has 0 atom stereocenters. The van der Waals surface area contributed by atoms with Gasteiger partial charge in [0.05, 0.1) is 4.92 Å². The largest absolute Gasteiger partial charge is 0.357 e. The van der Waals surface area contributed by atoms with Crippen LogP contribution in [0, 0.1) is 10.1 Å². The van der Waals surface area contributed by atoms with Crippen molar-refractivity contribution in [3.63, 3.8) is 0 Å². The third-order valence-corrected chi connectivity index (χ3v) is 2.53. The highest BCUT2D eigenvalue weighted by atomic mass is 32.2. The lowest BCUT2D eigenvalue weighted by Gasteiger charge is -2.13. The highest BCUT2D eigenvalue weighted by Gasteiger charge is 2.18. The van der Waals surface area contributed by atoms with Gasteiger partial charge in [-0.15, -0.1) is 18.3 Å². The highest BCUT2D eigenvalue weighted by molar-refractivity contribution is 8.03. The molecule has 1 heterocycles. The fourth-order valence-corrected chi connectivity index (χ4v) is 2.04. The second-order valence-corrected chi connectivity index (χ2v) is 3.45. The van der Waals surface area contributed by atoms with Crippen molar-refractivity contribution >= 4 is 11.8 Å². The van der Waals surface area contributed by atoms with Crippen molar-refractivity contribution in [1.29, 1.82) is 0 Å². The summed E-state index contributed by atoms with van der Waals surface area (Å²) >= 11 is 1.52. The standard InChI is InChI=1S/C7H10N2O2S/c1-2-3-8-4-5-12-7(8)6-9(10)11/h2,6H,1,3-5H2. The van der Waals surface area contributed by atoms with Crippen LogP contribution < -0.4 is 0 Å². The summed E-state index contributed by atoms with van der Waals surface area (Å²) in [6, 6.07) is 0. The molecule has 5 heteroatoms. The molecule has 0 aliphatic carbocycles. The van der Waals surface area contributed by atoms with Crippen molar-refractivity contribution in [2.45, 2.75) is 0 Å². The molecule has 0 unspecified atom stereocenters. The van der Waals surface area contributed by atoms with Crippen LogP contribution in [0.1, 0.15) is 0 Å². The van der Waals surface area contributed by atoms with Crippen molar-refractivity contribution in [3.8, 4) is 0 Å². The van der Waals surface area contributed by atoms with E-state index >= 15 is 0 Å². The minimum Gasteiger partial charge on any atom is -0.357 e. The normalized spacial score (nSPS) is 20.0. The Morgan fingerprint density at radius 3 is 3.17 bits per heavy atom. The molecule has 0 amide bonds. The van der Waals surface area contributed by atoms with Gasteiger partial charge in [-0.1, -0.05) is 6.08 Å². The van der Waals surface area contributed by atoms with Crippen molar-refractivity contribution in [3.05, 3.63) is 34.0 Å². The Labute approximate surface area is 75.1 Å². The topological polar surface area (TPSA) is 46.4 Å². The first kappa shape index (κ1) is 9.12. The minimum absolute atomic E-state index is 0.413. The fraction of sp³-hybridized carbons (Fsp3) is 0.429. The third-order valence-electron chi connectivity index (χ3n) is 1.49. The van der Waals surface area contributed by atoms with Gasteiger partial charge in [-0.05, 0) is 0 Å². The zero-order valence-electron chi connectivity index (χ0n) is 6.60. The molecular formula is C7H10N2O2S. The Morgan fingerprint density at radius 2 is 2.58 bits per heavy atom. The molecule has 0 radical (unpaired) electrons. The molecule has 1 aliphatic rings. The molecule has 1 saturated heterocycles. The summed E-state index contributed by atoms with van der Waals surface area (Å²) < 4.78 is 0. The molecular weight excluding hydrogens is 176 g/mol. The number of rotatable bonds is 3. The first-order valence-corrected chi connectivity index (χ1v) is 4.56. The van der Waals surface area contributed by atoms with E-state index in [2.05, 4.69) is 6.58 Å². The lowest BCUT2D eigenvalue weighted by atomic mass is 10.5. The van der Waals surface area contributed by atoms with Crippen molar-refractivity contribution in [2.24, 2.45) is 0 Å². The SMILES string of the molecule is C=CCN1CCSC1=C[N+](=O)[O-]. The Morgan fingerprint density at radius 1 is 1.83 bits per heavy atom. The van der Waals surface area contributed by atoms with Crippen molar-refractivity contribution in [2.75, 3.05) is 18.8 Å². The summed E-state index contributed by atoms with van der Waals surface area (Å²) in [6.45, 7) is 5.15. The first-order valence-electron chi connectivity index (χ1n) is 3.58. The summed E-state index contributed by atoms with van der Waals surface area (Å²) in [5.41, 5.74) is 0. The van der Waals surface area contributed by atoms with E-state index < -0.39 is 4.92 Å². The fourth-order valence-electron chi connectivity index (χ4n) is 1.01. The predicted octanol–water partition coefficient (Wildman–Crippen LogP) is 1.30. The minimum atomic E-state index is -0.413. The number of nitro groups is 1. The molecule has 4 nitrogen and oxygen atoms in total. The van der Waals surface area contributed by atoms with E-state index in [9.17, 15) is 10.1 Å². The van der Waals surface area contributed by atoms with Gasteiger partial charge in [-0.3, -0.25) is 10.1 Å². The van der Waals surface area contributed by atoms with E-state index in [0.717, 1.165) is 23.5 Å². The van der Waals surface area contributed by atoms with Crippen LogP contribution in [-0.2, 0) is 0 Å². The van der Waals surface area contributed by atoms with Gasteiger partial charge in [0.1, 0.15) is 5.03 Å². The van der Waals surface area contributed by atoms with Crippen LogP contribution in [0.5, 0.6) is 0 Å². The summed E-state index contributed by atoms with van der Waals surface area (Å²) in [4.78, 5) is 11.7. The number of hydrogen-bond donors (Lipinski definition) is 0. The van der Waals surface area contributed by atoms with Crippen LogP contribution in [0.3, 0.4) is 0 Å². The molecule has 12 heavy (non-hydrogen) atoms. The molecule has 0 spiro atoms. The van der Waals surface area contributed by atoms with Crippen LogP contribution in [0.25, 0.3) is 0 Å². The van der Waals surface area contributed by atoms with Crippen LogP contribution >= 0.6 is 11.8 Å². The van der Waals surface area contributed by atoms with Crippen molar-refractivity contribution < 1.29 is 4.92 Å². The van der Waals surface area contributed by atoms with E-state index in [1.807, 2.05) is 4.90 Å². The molecule has 0 aromatic heterocycles. The second kappa shape index (κ2) is 4.15. The van der Waals surface area contributed by atoms with E-state index in [1.165, 1.54) is 11.8 Å². The molecule has 0 aromatic rings. The molecule has 66 valence electrons. The summed E-state index contributed by atoms with van der Waals surface area (Å²) in [5, 5.41) is 10.9. The van der Waals surface area contributed by atoms with Gasteiger partial charge in [-0.25, -0.2) is 0 Å². The summed E-state index contributed by atoms with van der Waals surface area (Å²) in [7, 11) is 0. The van der Waals surface area contributed by atoms with Gasteiger partial charge in [0.15, 0.2) is 0 Å². The van der Waals surface area contributed by atoms with E-state index in [1.54, 1.807) is 6.08 Å². The Kier molecular flexibility index (Phi) is 3.16. The van der Waals surface area contributed by atoms with Crippen LogP contribution in [-0.4, -0.2) is 28.7 Å². The van der Waals surface area contributed by atoms with Gasteiger partial charge >= 0.3 is 0 Å². The third kappa shape index (κ3) is 2.27. The van der Waals surface area contributed by atoms with Crippen LogP contribution in [0.15, 0.2) is 23.9 Å². The Balaban J connectivity index is 2.62. The number of hydrogen-bond acceptors (Lipinski definition) is 4. The molecule has 0 aromatic carbocycles. The molecule has 1 aliphatic heterocycles. The highest BCUT2D eigenvalue weighted by Crippen LogP contribution is 2.26. The molecule has 0 N–H and O–H groups in total. The second-order valence-electron chi connectivity index (χ2n) is 2.34. The van der Waals surface area contributed by atoms with Gasteiger partial charge in [0.25, 0.3) is 6.20 Å². The maximum atomic E-state index is 10.2.